The van der Waals surface area contributed by atoms with E-state index < -0.39 is 0 Å². The van der Waals surface area contributed by atoms with Gasteiger partial charge in [0, 0.05) is 5.56 Å². The quantitative estimate of drug-likeness (QED) is 0.422. The lowest BCUT2D eigenvalue weighted by molar-refractivity contribution is 1.65. The molecule has 0 unspecified atom stereocenters. The van der Waals surface area contributed by atoms with Gasteiger partial charge in [-0.1, -0.05) is 30.0 Å². The third-order valence-corrected chi connectivity index (χ3v) is 1.24. The van der Waals surface area contributed by atoms with Crippen molar-refractivity contribution in [2.75, 3.05) is 5.75 Å². The molecule has 0 bridgehead atoms. The number of thiol groups is 1. The summed E-state index contributed by atoms with van der Waals surface area (Å²) in [4.78, 5) is 0. The highest BCUT2D eigenvalue weighted by molar-refractivity contribution is 7.80. The van der Waals surface area contributed by atoms with E-state index in [-0.39, 0.29) is 0 Å². The van der Waals surface area contributed by atoms with Crippen LogP contribution >= 0.6 is 12.6 Å². The summed E-state index contributed by atoms with van der Waals surface area (Å²) in [6.07, 6.45) is 0. The third-order valence-electron chi connectivity index (χ3n) is 1.09. The van der Waals surface area contributed by atoms with Gasteiger partial charge in [-0.2, -0.15) is 12.6 Å². The van der Waals surface area contributed by atoms with Crippen LogP contribution in [0.25, 0.3) is 0 Å². The molecule has 0 nitrogen and oxygen atoms in total. The van der Waals surface area contributed by atoms with E-state index >= 15 is 0 Å². The maximum Gasteiger partial charge on any atom is 0.0521 e. The normalized spacial score (nSPS) is 8.10. The van der Waals surface area contributed by atoms with E-state index in [4.69, 9.17) is 0 Å². The summed E-state index contributed by atoms with van der Waals surface area (Å²) >= 11 is 3.98. The summed E-state index contributed by atoms with van der Waals surface area (Å²) < 4.78 is 0. The lowest BCUT2D eigenvalue weighted by Crippen LogP contribution is -1.70. The zero-order chi connectivity index (χ0) is 7.23. The van der Waals surface area contributed by atoms with Crippen molar-refractivity contribution >= 4 is 12.6 Å². The summed E-state index contributed by atoms with van der Waals surface area (Å²) in [5.41, 5.74) is 1.05. The highest BCUT2D eigenvalue weighted by Gasteiger charge is 1.78. The Morgan fingerprint density at radius 2 is 1.90 bits per heavy atom. The minimum Gasteiger partial charge on any atom is -0.166 e. The van der Waals surface area contributed by atoms with Crippen LogP contribution in [0.2, 0.25) is 0 Å². The fourth-order valence-corrected chi connectivity index (χ4v) is 0.742. The Morgan fingerprint density at radius 1 is 1.20 bits per heavy atom. The summed E-state index contributed by atoms with van der Waals surface area (Å²) in [6, 6.07) is 9.89. The molecule has 0 heterocycles. The lowest BCUT2D eigenvalue weighted by atomic mass is 10.2. The molecule has 1 aromatic carbocycles. The minimum absolute atomic E-state index is 0.620. The van der Waals surface area contributed by atoms with Gasteiger partial charge in [-0.05, 0) is 12.1 Å². The van der Waals surface area contributed by atoms with Crippen molar-refractivity contribution in [3.8, 4) is 11.8 Å². The number of hydrogen-bond acceptors (Lipinski definition) is 1. The van der Waals surface area contributed by atoms with Crippen molar-refractivity contribution in [3.05, 3.63) is 35.9 Å². The van der Waals surface area contributed by atoms with Crippen LogP contribution < -0.4 is 0 Å². The van der Waals surface area contributed by atoms with Gasteiger partial charge < -0.3 is 0 Å². The predicted molar refractivity (Wildman–Crippen MR) is 47.2 cm³/mol. The standard InChI is InChI=1S/C9H8S/c10-8-4-7-9-5-2-1-3-6-9/h1-3,5-6,10H,8H2. The number of hydrogen-bond donors (Lipinski definition) is 1. The Kier molecular flexibility index (Phi) is 2.92. The smallest absolute Gasteiger partial charge is 0.0521 e. The van der Waals surface area contributed by atoms with Crippen molar-refractivity contribution in [2.45, 2.75) is 0 Å². The summed E-state index contributed by atoms with van der Waals surface area (Å²) in [5, 5.41) is 0. The summed E-state index contributed by atoms with van der Waals surface area (Å²) in [7, 11) is 0. The zero-order valence-electron chi connectivity index (χ0n) is 5.54. The van der Waals surface area contributed by atoms with Gasteiger partial charge >= 0.3 is 0 Å². The number of benzene rings is 1. The molecule has 0 fully saturated rings. The van der Waals surface area contributed by atoms with Crippen LogP contribution in [-0.4, -0.2) is 5.75 Å². The van der Waals surface area contributed by atoms with E-state index in [1.807, 2.05) is 30.3 Å². The van der Waals surface area contributed by atoms with E-state index in [1.165, 1.54) is 0 Å². The van der Waals surface area contributed by atoms with Crippen molar-refractivity contribution in [1.29, 1.82) is 0 Å². The Hall–Kier alpha value is -0.870. The molecule has 0 spiro atoms. The van der Waals surface area contributed by atoms with Crippen molar-refractivity contribution in [3.63, 3.8) is 0 Å². The van der Waals surface area contributed by atoms with Crippen LogP contribution in [0.5, 0.6) is 0 Å². The Bertz CT molecular complexity index is 240. The molecular formula is C9H8S. The molecule has 0 amide bonds. The molecule has 0 atom stereocenters. The highest BCUT2D eigenvalue weighted by atomic mass is 32.1. The second kappa shape index (κ2) is 4.03. The maximum absolute atomic E-state index is 3.98. The van der Waals surface area contributed by atoms with Crippen molar-refractivity contribution in [1.82, 2.24) is 0 Å². The van der Waals surface area contributed by atoms with E-state index in [0.29, 0.717) is 5.75 Å². The van der Waals surface area contributed by atoms with Crippen LogP contribution in [0, 0.1) is 11.8 Å². The maximum atomic E-state index is 3.98. The van der Waals surface area contributed by atoms with Gasteiger partial charge in [0.2, 0.25) is 0 Å². The predicted octanol–water partition coefficient (Wildman–Crippen LogP) is 1.97. The van der Waals surface area contributed by atoms with Gasteiger partial charge in [0.15, 0.2) is 0 Å². The third kappa shape index (κ3) is 2.16. The zero-order valence-corrected chi connectivity index (χ0v) is 6.44. The average molecular weight is 148 g/mol. The SMILES string of the molecule is SCC#Cc1ccccc1. The van der Waals surface area contributed by atoms with Gasteiger partial charge in [-0.15, -0.1) is 0 Å². The summed E-state index contributed by atoms with van der Waals surface area (Å²) in [6.45, 7) is 0. The second-order valence-corrected chi connectivity index (χ2v) is 2.14. The summed E-state index contributed by atoms with van der Waals surface area (Å²) in [5.74, 6) is 6.47. The largest absolute Gasteiger partial charge is 0.166 e. The monoisotopic (exact) mass is 148 g/mol. The van der Waals surface area contributed by atoms with Gasteiger partial charge in [-0.25, -0.2) is 0 Å². The van der Waals surface area contributed by atoms with E-state index in [1.54, 1.807) is 0 Å². The van der Waals surface area contributed by atoms with Gasteiger partial charge in [0.05, 0.1) is 5.75 Å². The van der Waals surface area contributed by atoms with Crippen LogP contribution in [0.1, 0.15) is 5.56 Å². The van der Waals surface area contributed by atoms with Crippen molar-refractivity contribution in [2.24, 2.45) is 0 Å². The number of rotatable bonds is 0. The molecule has 0 radical (unpaired) electrons. The fourth-order valence-electron chi connectivity index (χ4n) is 0.663. The first-order chi connectivity index (χ1) is 4.93. The Labute approximate surface area is 66.7 Å². The molecule has 0 aliphatic carbocycles. The molecule has 1 heteroatoms. The average Bonchev–Trinajstić information content (AvgIpc) is 2.03. The van der Waals surface area contributed by atoms with Gasteiger partial charge in [0.1, 0.15) is 0 Å². The van der Waals surface area contributed by atoms with Gasteiger partial charge in [-0.3, -0.25) is 0 Å². The van der Waals surface area contributed by atoms with Crippen LogP contribution in [-0.2, 0) is 0 Å². The van der Waals surface area contributed by atoms with Gasteiger partial charge in [0.25, 0.3) is 0 Å². The first kappa shape index (κ1) is 7.24. The van der Waals surface area contributed by atoms with Crippen molar-refractivity contribution < 1.29 is 0 Å². The lowest BCUT2D eigenvalue weighted by Gasteiger charge is -1.84. The molecule has 1 aromatic rings. The molecule has 0 aromatic heterocycles. The van der Waals surface area contributed by atoms with Crippen LogP contribution in [0.3, 0.4) is 0 Å². The van der Waals surface area contributed by atoms with E-state index in [2.05, 4.69) is 24.5 Å². The highest BCUT2D eigenvalue weighted by Crippen LogP contribution is 1.94. The fraction of sp³-hybridized carbons (Fsp3) is 0.111. The molecule has 10 heavy (non-hydrogen) atoms. The Balaban J connectivity index is 2.76. The molecule has 50 valence electrons. The topological polar surface area (TPSA) is 0 Å². The molecule has 0 aliphatic rings. The Morgan fingerprint density at radius 3 is 2.50 bits per heavy atom. The first-order valence-electron chi connectivity index (χ1n) is 3.08. The molecule has 0 saturated heterocycles. The molecule has 1 rings (SSSR count). The molecule has 0 aliphatic heterocycles. The second-order valence-electron chi connectivity index (χ2n) is 1.83. The molecule has 0 N–H and O–H groups in total. The van der Waals surface area contributed by atoms with E-state index in [9.17, 15) is 0 Å². The van der Waals surface area contributed by atoms with E-state index in [0.717, 1.165) is 5.56 Å². The molecular weight excluding hydrogens is 140 g/mol. The molecule has 0 saturated carbocycles. The van der Waals surface area contributed by atoms with Crippen LogP contribution in [0.15, 0.2) is 30.3 Å². The first-order valence-corrected chi connectivity index (χ1v) is 3.71. The van der Waals surface area contributed by atoms with Crippen LogP contribution in [0.4, 0.5) is 0 Å². The minimum atomic E-state index is 0.620.